The highest BCUT2D eigenvalue weighted by atomic mass is 79.9. The number of fused-ring (bicyclic) bond motifs is 1. The van der Waals surface area contributed by atoms with E-state index in [1.807, 2.05) is 55.5 Å². The van der Waals surface area contributed by atoms with Gasteiger partial charge in [-0.05, 0) is 67.3 Å². The molecular weight excluding hydrogens is 504 g/mol. The fraction of sp³-hybridized carbons (Fsp3) is 0.240. The number of anilines is 1. The van der Waals surface area contributed by atoms with Gasteiger partial charge in [0, 0.05) is 28.3 Å². The molecule has 8 heteroatoms. The zero-order valence-electron chi connectivity index (χ0n) is 18.4. The number of ether oxygens (including phenoxy) is 1. The number of carbonyl (C=O) groups excluding carboxylic acids is 1. The molecular formula is C25H25BrN2O4S. The second-order valence-electron chi connectivity index (χ2n) is 8.00. The van der Waals surface area contributed by atoms with Crippen LogP contribution in [-0.2, 0) is 22.9 Å². The molecule has 0 unspecified atom stereocenters. The van der Waals surface area contributed by atoms with Crippen LogP contribution in [0, 0.1) is 0 Å². The van der Waals surface area contributed by atoms with E-state index in [0.29, 0.717) is 12.0 Å². The van der Waals surface area contributed by atoms with Crippen molar-refractivity contribution in [2.75, 3.05) is 18.6 Å². The molecule has 0 aliphatic carbocycles. The van der Waals surface area contributed by atoms with Crippen molar-refractivity contribution in [3.05, 3.63) is 87.9 Å². The molecule has 1 aliphatic rings. The summed E-state index contributed by atoms with van der Waals surface area (Å²) in [7, 11) is -2.47. The van der Waals surface area contributed by atoms with Crippen molar-refractivity contribution in [1.29, 1.82) is 0 Å². The van der Waals surface area contributed by atoms with Crippen LogP contribution in [0.1, 0.15) is 28.4 Å². The van der Waals surface area contributed by atoms with Gasteiger partial charge in [0.15, 0.2) is 0 Å². The molecule has 1 aliphatic heterocycles. The first-order valence-corrected chi connectivity index (χ1v) is 12.9. The van der Waals surface area contributed by atoms with Gasteiger partial charge in [0.1, 0.15) is 10.6 Å². The number of sulfonamides is 1. The Balaban J connectivity index is 1.59. The number of amides is 1. The first kappa shape index (κ1) is 23.5. The van der Waals surface area contributed by atoms with Crippen LogP contribution in [0.5, 0.6) is 5.75 Å². The smallest absolute Gasteiger partial charge is 0.258 e. The third-order valence-corrected chi connectivity index (χ3v) is 7.70. The third kappa shape index (κ3) is 4.98. The summed E-state index contributed by atoms with van der Waals surface area (Å²) < 4.78 is 35.0. The van der Waals surface area contributed by atoms with E-state index in [9.17, 15) is 13.2 Å². The molecule has 1 atom stereocenters. The van der Waals surface area contributed by atoms with Crippen LogP contribution in [-0.4, -0.2) is 34.0 Å². The van der Waals surface area contributed by atoms with Crippen molar-refractivity contribution >= 4 is 37.5 Å². The van der Waals surface area contributed by atoms with Gasteiger partial charge in [-0.25, -0.2) is 13.1 Å². The summed E-state index contributed by atoms with van der Waals surface area (Å²) in [6, 6.07) is 20.0. The number of hydrogen-bond acceptors (Lipinski definition) is 4. The van der Waals surface area contributed by atoms with E-state index in [1.165, 1.54) is 19.2 Å². The van der Waals surface area contributed by atoms with Crippen molar-refractivity contribution in [3.8, 4) is 5.75 Å². The van der Waals surface area contributed by atoms with Gasteiger partial charge < -0.3 is 9.64 Å². The van der Waals surface area contributed by atoms with Gasteiger partial charge in [0.25, 0.3) is 5.91 Å². The summed E-state index contributed by atoms with van der Waals surface area (Å²) in [5, 5.41) is 0. The van der Waals surface area contributed by atoms with Gasteiger partial charge in [-0.3, -0.25) is 4.79 Å². The number of nitrogens with one attached hydrogen (secondary N) is 1. The van der Waals surface area contributed by atoms with Crippen LogP contribution in [0.2, 0.25) is 0 Å². The van der Waals surface area contributed by atoms with Crippen molar-refractivity contribution in [2.45, 2.75) is 30.7 Å². The highest BCUT2D eigenvalue weighted by Crippen LogP contribution is 2.36. The SMILES string of the molecule is COc1ccc(C(=O)N2c3ccc(Br)cc3C[C@H]2C)cc1S(=O)(=O)NCCc1ccccc1. The fourth-order valence-electron chi connectivity index (χ4n) is 4.12. The molecule has 0 saturated carbocycles. The normalized spacial score (nSPS) is 15.4. The number of carbonyl (C=O) groups is 1. The Morgan fingerprint density at radius 2 is 1.88 bits per heavy atom. The monoisotopic (exact) mass is 528 g/mol. The Morgan fingerprint density at radius 3 is 2.61 bits per heavy atom. The minimum atomic E-state index is -3.88. The first-order chi connectivity index (χ1) is 15.8. The van der Waals surface area contributed by atoms with Gasteiger partial charge in [-0.2, -0.15) is 0 Å². The summed E-state index contributed by atoms with van der Waals surface area (Å²) in [6.07, 6.45) is 1.29. The molecule has 33 heavy (non-hydrogen) atoms. The molecule has 0 bridgehead atoms. The quantitative estimate of drug-likeness (QED) is 0.487. The number of benzene rings is 3. The van der Waals surface area contributed by atoms with E-state index in [2.05, 4.69) is 20.7 Å². The molecule has 0 saturated heterocycles. The Labute approximate surface area is 202 Å². The molecule has 0 fully saturated rings. The lowest BCUT2D eigenvalue weighted by Crippen LogP contribution is -2.36. The van der Waals surface area contributed by atoms with Gasteiger partial charge >= 0.3 is 0 Å². The zero-order chi connectivity index (χ0) is 23.6. The molecule has 6 nitrogen and oxygen atoms in total. The van der Waals surface area contributed by atoms with Crippen LogP contribution in [0.3, 0.4) is 0 Å². The van der Waals surface area contributed by atoms with E-state index >= 15 is 0 Å². The van der Waals surface area contributed by atoms with E-state index in [1.54, 1.807) is 11.0 Å². The highest BCUT2D eigenvalue weighted by Gasteiger charge is 2.32. The summed E-state index contributed by atoms with van der Waals surface area (Å²) in [5.41, 5.74) is 3.25. The maximum atomic E-state index is 13.4. The van der Waals surface area contributed by atoms with Crippen molar-refractivity contribution in [2.24, 2.45) is 0 Å². The highest BCUT2D eigenvalue weighted by molar-refractivity contribution is 9.10. The third-order valence-electron chi connectivity index (χ3n) is 5.72. The zero-order valence-corrected chi connectivity index (χ0v) is 20.8. The molecule has 1 heterocycles. The largest absolute Gasteiger partial charge is 0.495 e. The van der Waals surface area contributed by atoms with Crippen LogP contribution < -0.4 is 14.4 Å². The van der Waals surface area contributed by atoms with Crippen molar-refractivity contribution in [1.82, 2.24) is 4.72 Å². The number of rotatable bonds is 7. The lowest BCUT2D eigenvalue weighted by Gasteiger charge is -2.23. The number of methoxy groups -OCH3 is 1. The fourth-order valence-corrected chi connectivity index (χ4v) is 5.75. The Bertz CT molecular complexity index is 1280. The first-order valence-electron chi connectivity index (χ1n) is 10.6. The average molecular weight is 529 g/mol. The standard InChI is InChI=1S/C25H25BrN2O4S/c1-17-14-20-15-21(26)9-10-22(20)28(17)25(29)19-8-11-23(32-2)24(16-19)33(30,31)27-13-12-18-6-4-3-5-7-18/h3-11,15-17,27H,12-14H2,1-2H3/t17-/m1/s1. The predicted octanol–water partition coefficient (Wildman–Crippen LogP) is 4.57. The maximum absolute atomic E-state index is 13.4. The van der Waals surface area contributed by atoms with Gasteiger partial charge in [-0.1, -0.05) is 46.3 Å². The molecule has 4 rings (SSSR count). The second-order valence-corrected chi connectivity index (χ2v) is 10.7. The lowest BCUT2D eigenvalue weighted by atomic mass is 10.1. The molecule has 0 aromatic heterocycles. The van der Waals surface area contributed by atoms with E-state index in [0.717, 1.165) is 27.7 Å². The van der Waals surface area contributed by atoms with E-state index in [4.69, 9.17) is 4.74 Å². The lowest BCUT2D eigenvalue weighted by molar-refractivity contribution is 0.0981. The Kier molecular flexibility index (Phi) is 6.88. The Hall–Kier alpha value is -2.68. The maximum Gasteiger partial charge on any atom is 0.258 e. The van der Waals surface area contributed by atoms with Crippen molar-refractivity contribution in [3.63, 3.8) is 0 Å². The van der Waals surface area contributed by atoms with Gasteiger partial charge in [-0.15, -0.1) is 0 Å². The van der Waals surface area contributed by atoms with Gasteiger partial charge in [0.2, 0.25) is 10.0 Å². The topological polar surface area (TPSA) is 75.7 Å². The van der Waals surface area contributed by atoms with Crippen LogP contribution in [0.25, 0.3) is 0 Å². The minimum absolute atomic E-state index is 0.0343. The predicted molar refractivity (Wildman–Crippen MR) is 132 cm³/mol. The summed E-state index contributed by atoms with van der Waals surface area (Å²) in [6.45, 7) is 2.22. The van der Waals surface area contributed by atoms with Gasteiger partial charge in [0.05, 0.1) is 7.11 Å². The summed E-state index contributed by atoms with van der Waals surface area (Å²) >= 11 is 3.48. The Morgan fingerprint density at radius 1 is 1.12 bits per heavy atom. The minimum Gasteiger partial charge on any atom is -0.495 e. The van der Waals surface area contributed by atoms with Crippen molar-refractivity contribution < 1.29 is 17.9 Å². The number of halogens is 1. The number of nitrogens with zero attached hydrogens (tertiary/aromatic N) is 1. The molecule has 0 radical (unpaired) electrons. The second kappa shape index (κ2) is 9.67. The molecule has 1 N–H and O–H groups in total. The number of hydrogen-bond donors (Lipinski definition) is 1. The molecule has 3 aromatic rings. The van der Waals surface area contributed by atoms with Crippen LogP contribution >= 0.6 is 15.9 Å². The van der Waals surface area contributed by atoms with E-state index in [-0.39, 0.29) is 29.1 Å². The van der Waals surface area contributed by atoms with E-state index < -0.39 is 10.0 Å². The summed E-state index contributed by atoms with van der Waals surface area (Å²) in [5.74, 6) is -0.0514. The molecule has 1 amide bonds. The van der Waals surface area contributed by atoms with Crippen LogP contribution in [0.15, 0.2) is 76.1 Å². The average Bonchev–Trinajstić information content (AvgIpc) is 3.13. The van der Waals surface area contributed by atoms with Crippen LogP contribution in [0.4, 0.5) is 5.69 Å². The molecule has 172 valence electrons. The molecule has 0 spiro atoms. The molecule has 3 aromatic carbocycles. The summed E-state index contributed by atoms with van der Waals surface area (Å²) in [4.78, 5) is 15.1.